The first-order chi connectivity index (χ1) is 38.8. The van der Waals surface area contributed by atoms with Crippen molar-refractivity contribution in [1.82, 2.24) is 45.2 Å². The monoisotopic (exact) mass is 1090 g/mol. The summed E-state index contributed by atoms with van der Waals surface area (Å²) in [6, 6.07) is 18.8. The van der Waals surface area contributed by atoms with E-state index in [1.807, 2.05) is 46.1 Å². The second kappa shape index (κ2) is 25.4. The standard InChI is InChI=1S/C59H69F2N13O6/c1-70-25-27-71(28-26-70)44-18-19-45(56(77)65-55-47-32-38(17-20-48(47)67-68-55)29-39-30-40(60)33-41(61)31-39)50(34-44)63-42-13-12-23-72(36-42)53(76)16-9-7-5-3-2-4-6-8-10-24-73-37-43(66-69-73)35-62-49-15-11-14-46-54(49)59(80)74(58(46)79)51-21-22-52(75)64-57(51)78/h11,14-15,17-20,30-34,37,42,51,62-63H,2-10,12-13,16,21-29,35-36H2,1H3,(H,64,75,78)(H2,65,67,68,77). The number of hydrogen-bond donors (Lipinski definition) is 5. The van der Waals surface area contributed by atoms with Gasteiger partial charge in [0.2, 0.25) is 17.7 Å². The second-order valence-electron chi connectivity index (χ2n) is 21.6. The van der Waals surface area contributed by atoms with Crippen LogP contribution in [0, 0.1) is 11.6 Å². The Bertz CT molecular complexity index is 3240. The Morgan fingerprint density at radius 1 is 0.775 bits per heavy atom. The van der Waals surface area contributed by atoms with Gasteiger partial charge in [0.05, 0.1) is 34.9 Å². The third kappa shape index (κ3) is 13.3. The predicted octanol–water partition coefficient (Wildman–Crippen LogP) is 8.04. The molecule has 0 radical (unpaired) electrons. The van der Waals surface area contributed by atoms with Crippen LogP contribution in [-0.4, -0.2) is 134 Å². The summed E-state index contributed by atoms with van der Waals surface area (Å²) < 4.78 is 29.8. The molecule has 4 aliphatic heterocycles. The molecule has 19 nitrogen and oxygen atoms in total. The van der Waals surface area contributed by atoms with Gasteiger partial charge in [0, 0.05) is 93.2 Å². The lowest BCUT2D eigenvalue weighted by Crippen LogP contribution is -2.54. The molecule has 6 aromatic rings. The number of likely N-dealkylation sites (N-methyl/N-ethyl adjacent to an activating group) is 1. The average molecular weight is 1090 g/mol. The Morgan fingerprint density at radius 2 is 1.54 bits per heavy atom. The molecule has 0 saturated carbocycles. The van der Waals surface area contributed by atoms with Crippen LogP contribution in [0.15, 0.2) is 79.0 Å². The van der Waals surface area contributed by atoms with Gasteiger partial charge in [0.25, 0.3) is 17.7 Å². The van der Waals surface area contributed by atoms with E-state index >= 15 is 0 Å². The van der Waals surface area contributed by atoms with Gasteiger partial charge in [-0.2, -0.15) is 5.10 Å². The quantitative estimate of drug-likeness (QED) is 0.0303. The van der Waals surface area contributed by atoms with E-state index < -0.39 is 41.3 Å². The molecule has 0 bridgehead atoms. The SMILES string of the molecule is CN1CCN(c2ccc(C(=O)Nc3n[nH]c4ccc(Cc5cc(F)cc(F)c5)cc34)c(NC3CCCN(C(=O)CCCCCCCCCCCn4cc(CNc5cccc6c5C(=O)N(C5CCC(=O)NC5=O)C6=O)nn4)C3)c2)CC1. The van der Waals surface area contributed by atoms with Crippen LogP contribution in [0.4, 0.5) is 31.7 Å². The molecule has 21 heteroatoms. The van der Waals surface area contributed by atoms with Crippen molar-refractivity contribution in [3.05, 3.63) is 124 Å². The van der Waals surface area contributed by atoms with Gasteiger partial charge < -0.3 is 30.7 Å². The molecule has 420 valence electrons. The number of fused-ring (bicyclic) bond motifs is 2. The number of H-pyrrole nitrogens is 1. The average Bonchev–Trinajstić information content (AvgIpc) is 4.15. The van der Waals surface area contributed by atoms with E-state index in [0.717, 1.165) is 126 Å². The third-order valence-electron chi connectivity index (χ3n) is 15.7. The molecule has 0 aliphatic carbocycles. The number of imide groups is 2. The van der Waals surface area contributed by atoms with Crippen molar-refractivity contribution in [2.24, 2.45) is 0 Å². The lowest BCUT2D eigenvalue weighted by Gasteiger charge is -2.36. The molecule has 3 fully saturated rings. The van der Waals surface area contributed by atoms with E-state index in [-0.39, 0.29) is 48.4 Å². The summed E-state index contributed by atoms with van der Waals surface area (Å²) in [4.78, 5) is 86.2. The number of halogens is 2. The van der Waals surface area contributed by atoms with Gasteiger partial charge in [-0.25, -0.2) is 8.78 Å². The number of likely N-dealkylation sites (tertiary alicyclic amines) is 1. The minimum absolute atomic E-state index is 0.0473. The number of benzene rings is 4. The third-order valence-corrected chi connectivity index (χ3v) is 15.7. The van der Waals surface area contributed by atoms with Gasteiger partial charge in [-0.15, -0.1) is 5.10 Å². The number of hydrogen-bond acceptors (Lipinski definition) is 13. The summed E-state index contributed by atoms with van der Waals surface area (Å²) in [7, 11) is 2.12. The van der Waals surface area contributed by atoms with Crippen molar-refractivity contribution in [2.75, 3.05) is 67.2 Å². The topological polar surface area (TPSA) is 223 Å². The van der Waals surface area contributed by atoms with Gasteiger partial charge in [0.15, 0.2) is 5.82 Å². The molecular formula is C59H69F2N13O6. The maximum Gasteiger partial charge on any atom is 0.264 e. The summed E-state index contributed by atoms with van der Waals surface area (Å²) in [6.45, 7) is 5.87. The Balaban J connectivity index is 0.635. The number of nitrogens with one attached hydrogen (secondary N) is 5. The summed E-state index contributed by atoms with van der Waals surface area (Å²) in [6.07, 6.45) is 14.0. The minimum Gasteiger partial charge on any atom is -0.380 e. The smallest absolute Gasteiger partial charge is 0.264 e. The predicted molar refractivity (Wildman–Crippen MR) is 299 cm³/mol. The number of piperidine rings is 2. The number of carbonyl (C=O) groups is 6. The molecule has 2 unspecified atom stereocenters. The minimum atomic E-state index is -1.03. The molecule has 10 rings (SSSR count). The van der Waals surface area contributed by atoms with Crippen molar-refractivity contribution in [2.45, 2.75) is 121 Å². The normalized spacial score (nSPS) is 17.8. The zero-order valence-electron chi connectivity index (χ0n) is 45.2. The summed E-state index contributed by atoms with van der Waals surface area (Å²) in [5, 5.41) is 28.8. The number of piperazine rings is 1. The molecule has 80 heavy (non-hydrogen) atoms. The number of anilines is 4. The molecule has 2 aromatic heterocycles. The highest BCUT2D eigenvalue weighted by Gasteiger charge is 2.45. The number of carbonyl (C=O) groups excluding carboxylic acids is 6. The first-order valence-corrected chi connectivity index (χ1v) is 28.2. The van der Waals surface area contributed by atoms with Crippen LogP contribution in [0.5, 0.6) is 0 Å². The largest absolute Gasteiger partial charge is 0.380 e. The fraction of sp³-hybridized carbons (Fsp3) is 0.441. The molecule has 4 aromatic carbocycles. The van der Waals surface area contributed by atoms with Gasteiger partial charge in [0.1, 0.15) is 23.4 Å². The van der Waals surface area contributed by atoms with Gasteiger partial charge in [-0.3, -0.25) is 48.8 Å². The van der Waals surface area contributed by atoms with E-state index in [1.165, 1.54) is 12.1 Å². The molecule has 6 amide bonds. The first kappa shape index (κ1) is 55.3. The van der Waals surface area contributed by atoms with Crippen LogP contribution in [0.1, 0.15) is 138 Å². The van der Waals surface area contributed by atoms with E-state index in [4.69, 9.17) is 0 Å². The molecule has 3 saturated heterocycles. The molecule has 2 atom stereocenters. The summed E-state index contributed by atoms with van der Waals surface area (Å²) >= 11 is 0. The molecule has 0 spiro atoms. The number of unbranched alkanes of at least 4 members (excludes halogenated alkanes) is 8. The Hall–Kier alpha value is -8.07. The lowest BCUT2D eigenvalue weighted by molar-refractivity contribution is -0.136. The van der Waals surface area contributed by atoms with Crippen molar-refractivity contribution in [3.63, 3.8) is 0 Å². The first-order valence-electron chi connectivity index (χ1n) is 28.2. The number of nitrogens with zero attached hydrogens (tertiary/aromatic N) is 8. The Morgan fingerprint density at radius 3 is 2.31 bits per heavy atom. The van der Waals surface area contributed by atoms with Crippen molar-refractivity contribution >= 4 is 69.2 Å². The van der Waals surface area contributed by atoms with E-state index in [9.17, 15) is 37.5 Å². The fourth-order valence-corrected chi connectivity index (χ4v) is 11.4. The van der Waals surface area contributed by atoms with Crippen LogP contribution in [0.25, 0.3) is 10.9 Å². The number of aryl methyl sites for hydroxylation is 1. The molecule has 4 aliphatic rings. The Labute approximate surface area is 463 Å². The number of amides is 6. The molecule has 5 N–H and O–H groups in total. The molecular weight excluding hydrogens is 1020 g/mol. The number of aromatic nitrogens is 5. The molecule has 6 heterocycles. The van der Waals surface area contributed by atoms with Gasteiger partial charge in [-0.05, 0) is 111 Å². The van der Waals surface area contributed by atoms with Crippen molar-refractivity contribution in [1.29, 1.82) is 0 Å². The summed E-state index contributed by atoms with van der Waals surface area (Å²) in [5.41, 5.74) is 5.74. The fourth-order valence-electron chi connectivity index (χ4n) is 11.4. The van der Waals surface area contributed by atoms with E-state index in [1.54, 1.807) is 18.2 Å². The summed E-state index contributed by atoms with van der Waals surface area (Å²) in [5.74, 6) is -3.29. The number of rotatable bonds is 23. The van der Waals surface area contributed by atoms with Crippen molar-refractivity contribution in [3.8, 4) is 0 Å². The second-order valence-corrected chi connectivity index (χ2v) is 21.6. The van der Waals surface area contributed by atoms with Crippen LogP contribution in [0.3, 0.4) is 0 Å². The highest BCUT2D eigenvalue weighted by Crippen LogP contribution is 2.34. The lowest BCUT2D eigenvalue weighted by atomic mass is 10.0. The number of aromatic amines is 1. The maximum absolute atomic E-state index is 14.2. The van der Waals surface area contributed by atoms with Crippen LogP contribution in [-0.2, 0) is 33.9 Å². The van der Waals surface area contributed by atoms with Crippen LogP contribution < -0.4 is 26.2 Å². The van der Waals surface area contributed by atoms with Crippen molar-refractivity contribution < 1.29 is 37.5 Å². The highest BCUT2D eigenvalue weighted by molar-refractivity contribution is 6.25. The van der Waals surface area contributed by atoms with Gasteiger partial charge in [-0.1, -0.05) is 62.3 Å². The van der Waals surface area contributed by atoms with E-state index in [2.05, 4.69) is 64.7 Å². The zero-order chi connectivity index (χ0) is 55.7. The van der Waals surface area contributed by atoms with Gasteiger partial charge >= 0.3 is 0 Å². The Kier molecular flexibility index (Phi) is 17.5. The van der Waals surface area contributed by atoms with E-state index in [0.29, 0.717) is 70.8 Å². The van der Waals surface area contributed by atoms with Crippen LogP contribution in [0.2, 0.25) is 0 Å². The van der Waals surface area contributed by atoms with Crippen LogP contribution >= 0.6 is 0 Å². The highest BCUT2D eigenvalue weighted by atomic mass is 19.1. The maximum atomic E-state index is 14.2. The zero-order valence-corrected chi connectivity index (χ0v) is 45.2.